The first-order valence-corrected chi connectivity index (χ1v) is 6.35. The molecule has 1 aromatic carbocycles. The molecule has 98 valence electrons. The van der Waals surface area contributed by atoms with Crippen LogP contribution in [0.3, 0.4) is 0 Å². The monoisotopic (exact) mass is 250 g/mol. The summed E-state index contributed by atoms with van der Waals surface area (Å²) >= 11 is 0. The molecule has 0 atom stereocenters. The van der Waals surface area contributed by atoms with Gasteiger partial charge in [-0.1, -0.05) is 25.0 Å². The van der Waals surface area contributed by atoms with E-state index in [4.69, 9.17) is 19.5 Å². The van der Waals surface area contributed by atoms with Gasteiger partial charge in [-0.25, -0.2) is 0 Å². The van der Waals surface area contributed by atoms with Crippen molar-refractivity contribution in [2.45, 2.75) is 38.4 Å². The highest BCUT2D eigenvalue weighted by atomic mass is 16.5. The Hall–Kier alpha value is -1.04. The fourth-order valence-electron chi connectivity index (χ4n) is 2.33. The van der Waals surface area contributed by atoms with Crippen LogP contribution in [0.5, 0.6) is 5.75 Å². The standard InChI is InChI=1S/C13H19BO4/c1-17-13-7-6-11(14(15)16)8-10(13)9-18-12-4-2-3-5-12/h6-8,12,15-16H,2-5,9H2,1H3. The van der Waals surface area contributed by atoms with Gasteiger partial charge in [-0.05, 0) is 24.4 Å². The van der Waals surface area contributed by atoms with Gasteiger partial charge in [0.25, 0.3) is 0 Å². The molecule has 0 spiro atoms. The van der Waals surface area contributed by atoms with Crippen LogP contribution in [0.1, 0.15) is 31.2 Å². The minimum atomic E-state index is -1.46. The van der Waals surface area contributed by atoms with Crippen LogP contribution in [0.25, 0.3) is 0 Å². The van der Waals surface area contributed by atoms with Crippen molar-refractivity contribution >= 4 is 12.6 Å². The Morgan fingerprint density at radius 3 is 2.61 bits per heavy atom. The lowest BCUT2D eigenvalue weighted by Crippen LogP contribution is -2.30. The van der Waals surface area contributed by atoms with Gasteiger partial charge in [-0.15, -0.1) is 0 Å². The summed E-state index contributed by atoms with van der Waals surface area (Å²) in [7, 11) is 0.143. The molecular formula is C13H19BO4. The van der Waals surface area contributed by atoms with Crippen molar-refractivity contribution in [1.29, 1.82) is 0 Å². The molecule has 0 unspecified atom stereocenters. The van der Waals surface area contributed by atoms with E-state index in [9.17, 15) is 0 Å². The molecule has 5 heteroatoms. The van der Waals surface area contributed by atoms with Crippen molar-refractivity contribution in [2.24, 2.45) is 0 Å². The molecule has 1 aliphatic carbocycles. The van der Waals surface area contributed by atoms with Crippen LogP contribution >= 0.6 is 0 Å². The lowest BCUT2D eigenvalue weighted by Gasteiger charge is -2.14. The summed E-state index contributed by atoms with van der Waals surface area (Å²) in [5.41, 5.74) is 1.32. The topological polar surface area (TPSA) is 58.9 Å². The first-order valence-electron chi connectivity index (χ1n) is 6.35. The molecule has 2 N–H and O–H groups in total. The highest BCUT2D eigenvalue weighted by molar-refractivity contribution is 6.58. The van der Waals surface area contributed by atoms with Gasteiger partial charge in [0, 0.05) is 5.56 Å². The molecule has 1 saturated carbocycles. The highest BCUT2D eigenvalue weighted by Crippen LogP contribution is 2.24. The Bertz CT molecular complexity index is 389. The van der Waals surface area contributed by atoms with Crippen molar-refractivity contribution in [2.75, 3.05) is 7.11 Å². The third-order valence-electron chi connectivity index (χ3n) is 3.38. The van der Waals surface area contributed by atoms with Gasteiger partial charge >= 0.3 is 7.12 Å². The third-order valence-corrected chi connectivity index (χ3v) is 3.38. The molecule has 0 heterocycles. The quantitative estimate of drug-likeness (QED) is 0.760. The summed E-state index contributed by atoms with van der Waals surface area (Å²) < 4.78 is 11.1. The summed E-state index contributed by atoms with van der Waals surface area (Å²) in [5.74, 6) is 0.720. The Morgan fingerprint density at radius 2 is 2.00 bits per heavy atom. The maximum absolute atomic E-state index is 9.17. The van der Waals surface area contributed by atoms with Crippen molar-refractivity contribution in [3.63, 3.8) is 0 Å². The molecule has 0 radical (unpaired) electrons. The summed E-state index contributed by atoms with van der Waals surface area (Å²) in [6, 6.07) is 5.10. The van der Waals surface area contributed by atoms with Crippen LogP contribution in [-0.2, 0) is 11.3 Å². The first-order chi connectivity index (χ1) is 8.70. The van der Waals surface area contributed by atoms with E-state index < -0.39 is 7.12 Å². The van der Waals surface area contributed by atoms with E-state index in [0.717, 1.165) is 24.2 Å². The van der Waals surface area contributed by atoms with E-state index >= 15 is 0 Å². The molecule has 1 fully saturated rings. The SMILES string of the molecule is COc1ccc(B(O)O)cc1COC1CCCC1. The second kappa shape index (κ2) is 6.23. The van der Waals surface area contributed by atoms with E-state index in [1.807, 2.05) is 0 Å². The number of methoxy groups -OCH3 is 1. The van der Waals surface area contributed by atoms with Gasteiger partial charge in [-0.3, -0.25) is 0 Å². The number of hydrogen-bond donors (Lipinski definition) is 2. The van der Waals surface area contributed by atoms with Gasteiger partial charge in [0.15, 0.2) is 0 Å². The summed E-state index contributed by atoms with van der Waals surface area (Å²) in [5, 5.41) is 18.3. The van der Waals surface area contributed by atoms with Gasteiger partial charge in [0.2, 0.25) is 0 Å². The number of hydrogen-bond acceptors (Lipinski definition) is 4. The zero-order valence-corrected chi connectivity index (χ0v) is 10.6. The summed E-state index contributed by atoms with van der Waals surface area (Å²) in [6.45, 7) is 0.453. The van der Waals surface area contributed by atoms with Crippen LogP contribution in [0.15, 0.2) is 18.2 Å². The average Bonchev–Trinajstić information content (AvgIpc) is 2.89. The molecule has 0 bridgehead atoms. The third kappa shape index (κ3) is 3.25. The highest BCUT2D eigenvalue weighted by Gasteiger charge is 2.18. The Morgan fingerprint density at radius 1 is 1.28 bits per heavy atom. The molecule has 0 aromatic heterocycles. The number of rotatable bonds is 5. The zero-order chi connectivity index (χ0) is 13.0. The van der Waals surface area contributed by atoms with Crippen molar-refractivity contribution in [3.05, 3.63) is 23.8 Å². The van der Waals surface area contributed by atoms with E-state index in [2.05, 4.69) is 0 Å². The van der Waals surface area contributed by atoms with Crippen molar-refractivity contribution in [3.8, 4) is 5.75 Å². The van der Waals surface area contributed by atoms with Crippen molar-refractivity contribution in [1.82, 2.24) is 0 Å². The van der Waals surface area contributed by atoms with Crippen molar-refractivity contribution < 1.29 is 19.5 Å². The predicted octanol–water partition coefficient (Wildman–Crippen LogP) is 0.834. The van der Waals surface area contributed by atoms with Gasteiger partial charge in [0.05, 0.1) is 19.8 Å². The molecular weight excluding hydrogens is 231 g/mol. The van der Waals surface area contributed by atoms with Crippen LogP contribution in [0, 0.1) is 0 Å². The van der Waals surface area contributed by atoms with Crippen LogP contribution in [-0.4, -0.2) is 30.4 Å². The van der Waals surface area contributed by atoms with Crippen LogP contribution in [0.2, 0.25) is 0 Å². The number of benzene rings is 1. The second-order valence-electron chi connectivity index (χ2n) is 4.66. The molecule has 0 amide bonds. The van der Waals surface area contributed by atoms with Gasteiger partial charge in [0.1, 0.15) is 5.75 Å². The Labute approximate surface area is 108 Å². The minimum Gasteiger partial charge on any atom is -0.496 e. The summed E-state index contributed by atoms with van der Waals surface area (Å²) in [6.07, 6.45) is 5.03. The zero-order valence-electron chi connectivity index (χ0n) is 10.6. The smallest absolute Gasteiger partial charge is 0.488 e. The molecule has 1 aromatic rings. The largest absolute Gasteiger partial charge is 0.496 e. The van der Waals surface area contributed by atoms with Gasteiger partial charge in [-0.2, -0.15) is 0 Å². The van der Waals surface area contributed by atoms with E-state index in [1.165, 1.54) is 12.8 Å². The fraction of sp³-hybridized carbons (Fsp3) is 0.538. The first kappa shape index (κ1) is 13.4. The molecule has 0 saturated heterocycles. The minimum absolute atomic E-state index is 0.331. The van der Waals surface area contributed by atoms with E-state index in [1.54, 1.807) is 25.3 Å². The summed E-state index contributed by atoms with van der Waals surface area (Å²) in [4.78, 5) is 0. The maximum Gasteiger partial charge on any atom is 0.488 e. The van der Waals surface area contributed by atoms with Crippen LogP contribution in [0.4, 0.5) is 0 Å². The lowest BCUT2D eigenvalue weighted by molar-refractivity contribution is 0.0446. The molecule has 2 rings (SSSR count). The average molecular weight is 250 g/mol. The predicted molar refractivity (Wildman–Crippen MR) is 69.9 cm³/mol. The Kier molecular flexibility index (Phi) is 4.63. The van der Waals surface area contributed by atoms with E-state index in [-0.39, 0.29) is 0 Å². The second-order valence-corrected chi connectivity index (χ2v) is 4.66. The van der Waals surface area contributed by atoms with Gasteiger partial charge < -0.3 is 19.5 Å². The number of ether oxygens (including phenoxy) is 2. The Balaban J connectivity index is 2.05. The molecule has 18 heavy (non-hydrogen) atoms. The molecule has 1 aliphatic rings. The molecule has 4 nitrogen and oxygen atoms in total. The van der Waals surface area contributed by atoms with Crippen LogP contribution < -0.4 is 10.2 Å². The normalized spacial score (nSPS) is 15.9. The fourth-order valence-corrected chi connectivity index (χ4v) is 2.33. The maximum atomic E-state index is 9.17. The van der Waals surface area contributed by atoms with E-state index in [0.29, 0.717) is 18.2 Å². The lowest BCUT2D eigenvalue weighted by atomic mass is 9.79. The molecule has 0 aliphatic heterocycles.